The molecule has 0 aliphatic rings. The van der Waals surface area contributed by atoms with Crippen molar-refractivity contribution in [3.05, 3.63) is 69.8 Å². The molecule has 0 unspecified atom stereocenters. The number of hydrogen-bond acceptors (Lipinski definition) is 0. The smallest absolute Gasteiger partial charge is 0.129 e. The first-order valence-corrected chi connectivity index (χ1v) is 6.07. The first-order valence-electron chi connectivity index (χ1n) is 6.07. The molecule has 0 aromatic heterocycles. The van der Waals surface area contributed by atoms with Crippen molar-refractivity contribution >= 4 is 0 Å². The van der Waals surface area contributed by atoms with E-state index in [0.29, 0.717) is 11.1 Å². The third kappa shape index (κ3) is 4.08. The van der Waals surface area contributed by atoms with E-state index in [9.17, 15) is 17.6 Å². The van der Waals surface area contributed by atoms with Gasteiger partial charge >= 0.3 is 0 Å². The fourth-order valence-corrected chi connectivity index (χ4v) is 1.54. The zero-order valence-corrected chi connectivity index (χ0v) is 11.8. The molecule has 0 saturated carbocycles. The minimum atomic E-state index is -0.475. The molecule has 0 saturated heterocycles. The van der Waals surface area contributed by atoms with Crippen molar-refractivity contribution in [1.82, 2.24) is 0 Å². The molecule has 20 heavy (non-hydrogen) atoms. The third-order valence-corrected chi connectivity index (χ3v) is 2.85. The van der Waals surface area contributed by atoms with Crippen LogP contribution >= 0.6 is 0 Å². The Kier molecular flexibility index (Phi) is 5.31. The molecule has 0 N–H and O–H groups in total. The molecule has 2 aromatic rings. The molecule has 0 atom stereocenters. The number of benzene rings is 2. The number of aryl methyl sites for hydroxylation is 2. The summed E-state index contributed by atoms with van der Waals surface area (Å²) in [5, 5.41) is 0. The topological polar surface area (TPSA) is 0 Å². The van der Waals surface area contributed by atoms with Crippen LogP contribution in [0.25, 0.3) is 0 Å². The average molecular weight is 284 g/mol. The normalized spacial score (nSPS) is 10.0. The third-order valence-electron chi connectivity index (χ3n) is 2.85. The zero-order valence-electron chi connectivity index (χ0n) is 11.8. The van der Waals surface area contributed by atoms with E-state index in [0.717, 1.165) is 0 Å². The van der Waals surface area contributed by atoms with Crippen molar-refractivity contribution in [1.29, 1.82) is 0 Å². The molecule has 0 aliphatic carbocycles. The standard InChI is InChI=1S/2C8H8F2/c2*1-5-3-7(9)6(2)8(10)4-5/h2*3-4H,1-2H3. The Morgan fingerprint density at radius 3 is 0.900 bits per heavy atom. The molecule has 108 valence electrons. The van der Waals surface area contributed by atoms with Gasteiger partial charge in [-0.25, -0.2) is 17.6 Å². The molecule has 2 aromatic carbocycles. The Morgan fingerprint density at radius 2 is 0.700 bits per heavy atom. The number of rotatable bonds is 0. The van der Waals surface area contributed by atoms with Crippen LogP contribution in [0.3, 0.4) is 0 Å². The summed E-state index contributed by atoms with van der Waals surface area (Å²) in [6, 6.07) is 5.27. The van der Waals surface area contributed by atoms with Gasteiger partial charge in [0.05, 0.1) is 0 Å². The first kappa shape index (κ1) is 16.2. The Morgan fingerprint density at radius 1 is 0.500 bits per heavy atom. The highest BCUT2D eigenvalue weighted by Gasteiger charge is 2.03. The van der Waals surface area contributed by atoms with Crippen molar-refractivity contribution in [3.63, 3.8) is 0 Å². The van der Waals surface area contributed by atoms with Gasteiger partial charge in [-0.15, -0.1) is 0 Å². The lowest BCUT2D eigenvalue weighted by Crippen LogP contribution is -1.89. The van der Waals surface area contributed by atoms with Gasteiger partial charge in [-0.3, -0.25) is 0 Å². The van der Waals surface area contributed by atoms with Crippen LogP contribution < -0.4 is 0 Å². The lowest BCUT2D eigenvalue weighted by Gasteiger charge is -1.98. The monoisotopic (exact) mass is 284 g/mol. The maximum atomic E-state index is 12.6. The van der Waals surface area contributed by atoms with E-state index in [1.807, 2.05) is 0 Å². The number of hydrogen-bond donors (Lipinski definition) is 0. The highest BCUT2D eigenvalue weighted by Crippen LogP contribution is 2.13. The summed E-state index contributed by atoms with van der Waals surface area (Å²) < 4.78 is 50.4. The lowest BCUT2D eigenvalue weighted by atomic mass is 10.1. The van der Waals surface area contributed by atoms with Gasteiger partial charge in [-0.2, -0.15) is 0 Å². The quantitative estimate of drug-likeness (QED) is 0.586. The van der Waals surface area contributed by atoms with E-state index in [-0.39, 0.29) is 11.1 Å². The Labute approximate surface area is 116 Å². The van der Waals surface area contributed by atoms with Crippen LogP contribution in [0.4, 0.5) is 17.6 Å². The van der Waals surface area contributed by atoms with E-state index in [1.165, 1.54) is 38.1 Å². The molecule has 2 rings (SSSR count). The summed E-state index contributed by atoms with van der Waals surface area (Å²) in [6.07, 6.45) is 0. The van der Waals surface area contributed by atoms with Gasteiger partial charge in [0.25, 0.3) is 0 Å². The van der Waals surface area contributed by atoms with Gasteiger partial charge in [0.1, 0.15) is 23.3 Å². The Hall–Kier alpha value is -1.84. The molecule has 0 radical (unpaired) electrons. The zero-order chi connectivity index (χ0) is 15.4. The average Bonchev–Trinajstić information content (AvgIpc) is 2.33. The molecule has 0 bridgehead atoms. The summed E-state index contributed by atoms with van der Waals surface area (Å²) in [5.41, 5.74) is 1.40. The molecule has 0 nitrogen and oxygen atoms in total. The Bertz CT molecular complexity index is 516. The maximum absolute atomic E-state index is 12.6. The van der Waals surface area contributed by atoms with E-state index < -0.39 is 23.3 Å². The maximum Gasteiger partial charge on any atom is 0.129 e. The van der Waals surface area contributed by atoms with Gasteiger partial charge in [-0.1, -0.05) is 0 Å². The van der Waals surface area contributed by atoms with Crippen molar-refractivity contribution in [3.8, 4) is 0 Å². The van der Waals surface area contributed by atoms with Gasteiger partial charge in [0, 0.05) is 11.1 Å². The summed E-state index contributed by atoms with van der Waals surface area (Å²) in [7, 11) is 0. The summed E-state index contributed by atoms with van der Waals surface area (Å²) in [6.45, 7) is 6.16. The largest absolute Gasteiger partial charge is 0.207 e. The molecule has 0 fully saturated rings. The van der Waals surface area contributed by atoms with Crippen LogP contribution in [0.1, 0.15) is 22.3 Å². The van der Waals surface area contributed by atoms with Crippen molar-refractivity contribution < 1.29 is 17.6 Å². The summed E-state index contributed by atoms with van der Waals surface area (Å²) >= 11 is 0. The van der Waals surface area contributed by atoms with Gasteiger partial charge in [0.15, 0.2) is 0 Å². The predicted octanol–water partition coefficient (Wildman–Crippen LogP) is 5.16. The van der Waals surface area contributed by atoms with Crippen LogP contribution in [0.5, 0.6) is 0 Å². The molecular formula is C16H16F4. The summed E-state index contributed by atoms with van der Waals surface area (Å²) in [5.74, 6) is -1.90. The van der Waals surface area contributed by atoms with Crippen LogP contribution in [0, 0.1) is 51.0 Å². The molecule has 0 amide bonds. The molecular weight excluding hydrogens is 268 g/mol. The lowest BCUT2D eigenvalue weighted by molar-refractivity contribution is 0.565. The minimum absolute atomic E-state index is 0.0885. The van der Waals surface area contributed by atoms with E-state index in [1.54, 1.807) is 13.8 Å². The molecule has 0 spiro atoms. The van der Waals surface area contributed by atoms with Crippen LogP contribution in [-0.4, -0.2) is 0 Å². The minimum Gasteiger partial charge on any atom is -0.207 e. The van der Waals surface area contributed by atoms with Crippen molar-refractivity contribution in [2.24, 2.45) is 0 Å². The van der Waals surface area contributed by atoms with E-state index in [4.69, 9.17) is 0 Å². The number of halogens is 4. The van der Waals surface area contributed by atoms with Gasteiger partial charge < -0.3 is 0 Å². The van der Waals surface area contributed by atoms with Crippen LogP contribution in [0.2, 0.25) is 0 Å². The summed E-state index contributed by atoms with van der Waals surface area (Å²) in [4.78, 5) is 0. The highest BCUT2D eigenvalue weighted by atomic mass is 19.1. The van der Waals surface area contributed by atoms with Gasteiger partial charge in [0.2, 0.25) is 0 Å². The fourth-order valence-electron chi connectivity index (χ4n) is 1.54. The highest BCUT2D eigenvalue weighted by molar-refractivity contribution is 5.24. The van der Waals surface area contributed by atoms with Crippen molar-refractivity contribution in [2.45, 2.75) is 27.7 Å². The van der Waals surface area contributed by atoms with Crippen LogP contribution in [0.15, 0.2) is 24.3 Å². The molecule has 0 heterocycles. The van der Waals surface area contributed by atoms with Crippen molar-refractivity contribution in [2.75, 3.05) is 0 Å². The van der Waals surface area contributed by atoms with E-state index in [2.05, 4.69) is 0 Å². The van der Waals surface area contributed by atoms with Gasteiger partial charge in [-0.05, 0) is 63.1 Å². The SMILES string of the molecule is Cc1cc(F)c(C)c(F)c1.Cc1cc(F)c(C)c(F)c1. The second-order valence-corrected chi connectivity index (χ2v) is 4.71. The molecule has 4 heteroatoms. The first-order chi connectivity index (χ1) is 9.22. The van der Waals surface area contributed by atoms with E-state index >= 15 is 0 Å². The van der Waals surface area contributed by atoms with Crippen LogP contribution in [-0.2, 0) is 0 Å². The Balaban J connectivity index is 0.000000200. The second kappa shape index (κ2) is 6.55. The predicted molar refractivity (Wildman–Crippen MR) is 71.7 cm³/mol. The molecule has 0 aliphatic heterocycles. The fraction of sp³-hybridized carbons (Fsp3) is 0.250. The second-order valence-electron chi connectivity index (χ2n) is 4.71.